The molecule has 5 heteroatoms. The van der Waals surface area contributed by atoms with Crippen molar-refractivity contribution in [2.24, 2.45) is 4.99 Å². The molecule has 2 aromatic rings. The Morgan fingerprint density at radius 1 is 1.23 bits per heavy atom. The highest BCUT2D eigenvalue weighted by molar-refractivity contribution is 8.18. The number of aliphatic imine (C=N–C) groups is 1. The molecule has 0 bridgehead atoms. The third-order valence-electron chi connectivity index (χ3n) is 3.80. The minimum Gasteiger partial charge on any atom is -0.489 e. The van der Waals surface area contributed by atoms with Gasteiger partial charge >= 0.3 is 0 Å². The summed E-state index contributed by atoms with van der Waals surface area (Å²) in [6.07, 6.45) is 3.51. The van der Waals surface area contributed by atoms with Gasteiger partial charge < -0.3 is 10.1 Å². The van der Waals surface area contributed by atoms with E-state index >= 15 is 0 Å². The van der Waals surface area contributed by atoms with E-state index in [4.69, 9.17) is 4.74 Å². The van der Waals surface area contributed by atoms with Crippen molar-refractivity contribution >= 4 is 34.6 Å². The average molecular weight is 364 g/mol. The number of carbonyl (C=O) groups is 1. The summed E-state index contributed by atoms with van der Waals surface area (Å²) in [5.41, 5.74) is 3.91. The fraction of sp³-hybridized carbons (Fsp3) is 0.143. The summed E-state index contributed by atoms with van der Waals surface area (Å²) in [5.74, 6) is 0.561. The lowest BCUT2D eigenvalue weighted by Crippen LogP contribution is -2.19. The Morgan fingerprint density at radius 2 is 2.04 bits per heavy atom. The van der Waals surface area contributed by atoms with Crippen LogP contribution in [0.25, 0.3) is 6.08 Å². The number of rotatable bonds is 5. The Balaban J connectivity index is 1.86. The van der Waals surface area contributed by atoms with Crippen LogP contribution >= 0.6 is 11.8 Å². The van der Waals surface area contributed by atoms with E-state index in [1.54, 1.807) is 6.08 Å². The van der Waals surface area contributed by atoms with Crippen LogP contribution in [-0.2, 0) is 4.79 Å². The minimum absolute atomic E-state index is 0.155. The van der Waals surface area contributed by atoms with E-state index in [1.165, 1.54) is 11.8 Å². The number of nitrogens with zero attached hydrogens (tertiary/aromatic N) is 1. The zero-order valence-electron chi connectivity index (χ0n) is 14.8. The van der Waals surface area contributed by atoms with Gasteiger partial charge in [-0.05, 0) is 54.9 Å². The highest BCUT2D eigenvalue weighted by Gasteiger charge is 2.24. The number of nitrogens with one attached hydrogen (secondary N) is 1. The zero-order chi connectivity index (χ0) is 18.5. The van der Waals surface area contributed by atoms with Gasteiger partial charge in [-0.15, -0.1) is 0 Å². The molecule has 1 aliphatic rings. The Hall–Kier alpha value is -2.79. The number of hydrogen-bond donors (Lipinski definition) is 1. The van der Waals surface area contributed by atoms with Gasteiger partial charge in [0.15, 0.2) is 5.17 Å². The molecule has 0 saturated carbocycles. The van der Waals surface area contributed by atoms with Crippen LogP contribution in [-0.4, -0.2) is 17.7 Å². The molecule has 0 aromatic heterocycles. The quantitative estimate of drug-likeness (QED) is 0.615. The first kappa shape index (κ1) is 18.0. The molecule has 1 aliphatic heterocycles. The van der Waals surface area contributed by atoms with Crippen LogP contribution in [0.15, 0.2) is 65.0 Å². The predicted molar refractivity (Wildman–Crippen MR) is 109 cm³/mol. The van der Waals surface area contributed by atoms with Crippen molar-refractivity contribution < 1.29 is 9.53 Å². The molecule has 1 amide bonds. The highest BCUT2D eigenvalue weighted by Crippen LogP contribution is 2.31. The van der Waals surface area contributed by atoms with Gasteiger partial charge in [0.05, 0.1) is 10.6 Å². The van der Waals surface area contributed by atoms with Crippen molar-refractivity contribution in [3.05, 3.63) is 76.7 Å². The largest absolute Gasteiger partial charge is 0.489 e. The van der Waals surface area contributed by atoms with Gasteiger partial charge in [-0.3, -0.25) is 4.79 Å². The highest BCUT2D eigenvalue weighted by atomic mass is 32.2. The summed E-state index contributed by atoms with van der Waals surface area (Å²) in [5, 5.41) is 3.41. The summed E-state index contributed by atoms with van der Waals surface area (Å²) >= 11 is 1.33. The van der Waals surface area contributed by atoms with Crippen molar-refractivity contribution in [3.8, 4) is 5.75 Å². The molecule has 4 nitrogen and oxygen atoms in total. The summed E-state index contributed by atoms with van der Waals surface area (Å²) in [6.45, 7) is 8.10. The topological polar surface area (TPSA) is 50.7 Å². The summed E-state index contributed by atoms with van der Waals surface area (Å²) in [4.78, 5) is 17.5. The lowest BCUT2D eigenvalue weighted by atomic mass is 10.1. The van der Waals surface area contributed by atoms with Crippen molar-refractivity contribution in [1.82, 2.24) is 5.32 Å². The fourth-order valence-electron chi connectivity index (χ4n) is 2.45. The molecule has 3 rings (SSSR count). The first-order chi connectivity index (χ1) is 12.6. The monoisotopic (exact) mass is 364 g/mol. The van der Waals surface area contributed by atoms with Gasteiger partial charge in [0.1, 0.15) is 12.4 Å². The minimum atomic E-state index is -0.155. The molecule has 1 saturated heterocycles. The van der Waals surface area contributed by atoms with Crippen LogP contribution < -0.4 is 10.1 Å². The van der Waals surface area contributed by atoms with E-state index in [2.05, 4.69) is 16.9 Å². The average Bonchev–Trinajstić information content (AvgIpc) is 2.96. The number of carbonyl (C=O) groups excluding carboxylic acids is 1. The standard InChI is InChI=1S/C21H20N2O2S/c1-4-11-25-18-8-6-5-7-16(18)13-19-20(24)23-21(26-19)22-17-12-14(2)9-10-15(17)3/h4-10,12-13H,1,11H2,2-3H3,(H,22,23,24)/b19-13-. The second-order valence-electron chi connectivity index (χ2n) is 5.91. The van der Waals surface area contributed by atoms with Crippen LogP contribution in [0.1, 0.15) is 16.7 Å². The summed E-state index contributed by atoms with van der Waals surface area (Å²) in [7, 11) is 0. The van der Waals surface area contributed by atoms with E-state index in [9.17, 15) is 4.79 Å². The number of amidine groups is 1. The van der Waals surface area contributed by atoms with Crippen LogP contribution in [0.4, 0.5) is 5.69 Å². The number of amides is 1. The maximum absolute atomic E-state index is 12.3. The van der Waals surface area contributed by atoms with Gasteiger partial charge in [-0.2, -0.15) is 0 Å². The number of aryl methyl sites for hydroxylation is 2. The Bertz CT molecular complexity index is 916. The fourth-order valence-corrected chi connectivity index (χ4v) is 3.28. The third kappa shape index (κ3) is 4.24. The van der Waals surface area contributed by atoms with Crippen LogP contribution in [0.5, 0.6) is 5.75 Å². The Kier molecular flexibility index (Phi) is 5.58. The van der Waals surface area contributed by atoms with Gasteiger partial charge in [-0.1, -0.05) is 43.0 Å². The van der Waals surface area contributed by atoms with E-state index in [-0.39, 0.29) is 5.91 Å². The van der Waals surface area contributed by atoms with Crippen molar-refractivity contribution in [2.75, 3.05) is 6.61 Å². The first-order valence-electron chi connectivity index (χ1n) is 8.26. The smallest absolute Gasteiger partial charge is 0.264 e. The molecule has 1 N–H and O–H groups in total. The second-order valence-corrected chi connectivity index (χ2v) is 6.94. The predicted octanol–water partition coefficient (Wildman–Crippen LogP) is 4.76. The van der Waals surface area contributed by atoms with Crippen LogP contribution in [0, 0.1) is 13.8 Å². The lowest BCUT2D eigenvalue weighted by Gasteiger charge is -2.06. The maximum Gasteiger partial charge on any atom is 0.264 e. The molecular weight excluding hydrogens is 344 g/mol. The lowest BCUT2D eigenvalue weighted by molar-refractivity contribution is -0.115. The van der Waals surface area contributed by atoms with Crippen molar-refractivity contribution in [1.29, 1.82) is 0 Å². The SMILES string of the molecule is C=CCOc1ccccc1/C=C1\SC(=Nc2cc(C)ccc2C)NC1=O. The molecule has 26 heavy (non-hydrogen) atoms. The summed E-state index contributed by atoms with van der Waals surface area (Å²) < 4.78 is 5.65. The summed E-state index contributed by atoms with van der Waals surface area (Å²) in [6, 6.07) is 13.7. The number of benzene rings is 2. The van der Waals surface area contributed by atoms with Crippen LogP contribution in [0.3, 0.4) is 0 Å². The molecule has 2 aromatic carbocycles. The third-order valence-corrected chi connectivity index (χ3v) is 4.71. The van der Waals surface area contributed by atoms with Crippen molar-refractivity contribution in [3.63, 3.8) is 0 Å². The van der Waals surface area contributed by atoms with E-state index in [0.717, 1.165) is 22.4 Å². The van der Waals surface area contributed by atoms with Gasteiger partial charge in [0, 0.05) is 5.56 Å². The van der Waals surface area contributed by atoms with Crippen molar-refractivity contribution in [2.45, 2.75) is 13.8 Å². The van der Waals surface area contributed by atoms with E-state index < -0.39 is 0 Å². The van der Waals surface area contributed by atoms with E-state index in [1.807, 2.05) is 62.4 Å². The number of ether oxygens (including phenoxy) is 1. The number of hydrogen-bond acceptors (Lipinski definition) is 4. The van der Waals surface area contributed by atoms with Gasteiger partial charge in [0.2, 0.25) is 0 Å². The number of para-hydroxylation sites is 1. The molecule has 0 unspecified atom stereocenters. The molecule has 1 fully saturated rings. The number of thioether (sulfide) groups is 1. The molecule has 0 atom stereocenters. The molecule has 132 valence electrons. The first-order valence-corrected chi connectivity index (χ1v) is 9.08. The van der Waals surface area contributed by atoms with Crippen LogP contribution in [0.2, 0.25) is 0 Å². The Morgan fingerprint density at radius 3 is 2.85 bits per heavy atom. The maximum atomic E-state index is 12.3. The van der Waals surface area contributed by atoms with Gasteiger partial charge in [-0.25, -0.2) is 4.99 Å². The Labute approximate surface area is 157 Å². The molecule has 0 aliphatic carbocycles. The second kappa shape index (κ2) is 8.06. The molecule has 0 radical (unpaired) electrons. The zero-order valence-corrected chi connectivity index (χ0v) is 15.6. The van der Waals surface area contributed by atoms with Gasteiger partial charge in [0.25, 0.3) is 5.91 Å². The molecule has 0 spiro atoms. The van der Waals surface area contributed by atoms with E-state index in [0.29, 0.717) is 22.4 Å². The molecular formula is C21H20N2O2S. The normalized spacial score (nSPS) is 16.8. The molecule has 1 heterocycles.